The second-order valence-corrected chi connectivity index (χ2v) is 4.72. The van der Waals surface area contributed by atoms with Crippen molar-refractivity contribution in [3.63, 3.8) is 0 Å². The lowest BCUT2D eigenvalue weighted by molar-refractivity contribution is 0.103. The molecule has 0 radical (unpaired) electrons. The smallest absolute Gasteiger partial charge is 0.408 e. The molecular formula is C14H9ClN2O3. The number of anilines is 1. The van der Waals surface area contributed by atoms with Gasteiger partial charge in [-0.05, 0) is 36.4 Å². The lowest BCUT2D eigenvalue weighted by atomic mass is 10.0. The third kappa shape index (κ3) is 2.08. The van der Waals surface area contributed by atoms with E-state index < -0.39 is 5.76 Å². The van der Waals surface area contributed by atoms with Gasteiger partial charge in [-0.2, -0.15) is 0 Å². The fourth-order valence-corrected chi connectivity index (χ4v) is 2.14. The monoisotopic (exact) mass is 288 g/mol. The SMILES string of the molecule is Nc1ccc(Cl)cc1C(=O)c1ccc2[nH]c(=O)oc2c1. The molecule has 0 aliphatic rings. The Kier molecular flexibility index (Phi) is 2.84. The Morgan fingerprint density at radius 2 is 2.00 bits per heavy atom. The van der Waals surface area contributed by atoms with E-state index in [1.807, 2.05) is 0 Å². The Morgan fingerprint density at radius 1 is 1.20 bits per heavy atom. The van der Waals surface area contributed by atoms with Crippen LogP contribution in [-0.2, 0) is 0 Å². The zero-order valence-corrected chi connectivity index (χ0v) is 10.9. The summed E-state index contributed by atoms with van der Waals surface area (Å²) < 4.78 is 4.93. The first-order valence-corrected chi connectivity index (χ1v) is 6.15. The van der Waals surface area contributed by atoms with Gasteiger partial charge in [0.05, 0.1) is 5.52 Å². The Hall–Kier alpha value is -2.53. The van der Waals surface area contributed by atoms with E-state index >= 15 is 0 Å². The number of benzene rings is 2. The van der Waals surface area contributed by atoms with Gasteiger partial charge in [0.15, 0.2) is 11.4 Å². The summed E-state index contributed by atoms with van der Waals surface area (Å²) in [6.45, 7) is 0. The molecule has 1 aromatic heterocycles. The van der Waals surface area contributed by atoms with Gasteiger partial charge in [-0.1, -0.05) is 11.6 Å². The molecule has 0 spiro atoms. The van der Waals surface area contributed by atoms with Crippen LogP contribution >= 0.6 is 11.6 Å². The molecule has 0 bridgehead atoms. The highest BCUT2D eigenvalue weighted by atomic mass is 35.5. The van der Waals surface area contributed by atoms with Crippen molar-refractivity contribution < 1.29 is 9.21 Å². The number of H-pyrrole nitrogens is 1. The second kappa shape index (κ2) is 4.54. The Labute approximate surface area is 118 Å². The van der Waals surface area contributed by atoms with Crippen LogP contribution in [0, 0.1) is 0 Å². The van der Waals surface area contributed by atoms with Gasteiger partial charge < -0.3 is 10.2 Å². The van der Waals surface area contributed by atoms with Gasteiger partial charge in [0.1, 0.15) is 0 Å². The van der Waals surface area contributed by atoms with Crippen LogP contribution in [0.1, 0.15) is 15.9 Å². The van der Waals surface area contributed by atoms with Crippen LogP contribution in [0.3, 0.4) is 0 Å². The minimum atomic E-state index is -0.563. The van der Waals surface area contributed by atoms with E-state index in [0.717, 1.165) is 0 Å². The first kappa shape index (κ1) is 12.5. The predicted molar refractivity (Wildman–Crippen MR) is 76.1 cm³/mol. The maximum absolute atomic E-state index is 12.4. The first-order valence-electron chi connectivity index (χ1n) is 5.77. The van der Waals surface area contributed by atoms with E-state index in [1.165, 1.54) is 12.1 Å². The standard InChI is InChI=1S/C14H9ClN2O3/c15-8-2-3-10(16)9(6-8)13(18)7-1-4-11-12(5-7)20-14(19)17-11/h1-6H,16H2,(H,17,19). The first-order chi connectivity index (χ1) is 9.54. The number of ketones is 1. The largest absolute Gasteiger partial charge is 0.417 e. The van der Waals surface area contributed by atoms with Gasteiger partial charge in [0.2, 0.25) is 0 Å². The van der Waals surface area contributed by atoms with E-state index in [4.69, 9.17) is 21.8 Å². The highest BCUT2D eigenvalue weighted by Crippen LogP contribution is 2.22. The van der Waals surface area contributed by atoms with Crippen molar-refractivity contribution >= 4 is 34.2 Å². The summed E-state index contributed by atoms with van der Waals surface area (Å²) in [7, 11) is 0. The lowest BCUT2D eigenvalue weighted by Crippen LogP contribution is -2.05. The van der Waals surface area contributed by atoms with E-state index in [9.17, 15) is 9.59 Å². The van der Waals surface area contributed by atoms with Crippen molar-refractivity contribution in [1.82, 2.24) is 4.98 Å². The van der Waals surface area contributed by atoms with Crippen LogP contribution in [0.2, 0.25) is 5.02 Å². The minimum absolute atomic E-state index is 0.282. The molecule has 3 rings (SSSR count). The van der Waals surface area contributed by atoms with E-state index in [0.29, 0.717) is 32.9 Å². The third-order valence-electron chi connectivity index (χ3n) is 2.94. The van der Waals surface area contributed by atoms with Gasteiger partial charge in [0.25, 0.3) is 0 Å². The molecule has 3 N–H and O–H groups in total. The number of aromatic nitrogens is 1. The quantitative estimate of drug-likeness (QED) is 0.560. The Bertz CT molecular complexity index is 880. The van der Waals surface area contributed by atoms with E-state index in [-0.39, 0.29) is 5.78 Å². The van der Waals surface area contributed by atoms with Crippen molar-refractivity contribution in [1.29, 1.82) is 0 Å². The van der Waals surface area contributed by atoms with Crippen LogP contribution in [0.4, 0.5) is 5.69 Å². The fourth-order valence-electron chi connectivity index (χ4n) is 1.97. The summed E-state index contributed by atoms with van der Waals surface area (Å²) in [5, 5.41) is 0.428. The van der Waals surface area contributed by atoms with E-state index in [1.54, 1.807) is 24.3 Å². The maximum atomic E-state index is 12.4. The zero-order chi connectivity index (χ0) is 14.3. The molecule has 0 fully saturated rings. The summed E-state index contributed by atoms with van der Waals surface area (Å²) in [4.78, 5) is 26.0. The highest BCUT2D eigenvalue weighted by molar-refractivity contribution is 6.31. The van der Waals surface area contributed by atoms with Gasteiger partial charge in [-0.3, -0.25) is 9.78 Å². The summed E-state index contributed by atoms with van der Waals surface area (Å²) in [6.07, 6.45) is 0. The Morgan fingerprint density at radius 3 is 2.80 bits per heavy atom. The van der Waals surface area contributed by atoms with Gasteiger partial charge in [0, 0.05) is 21.8 Å². The number of carbonyl (C=O) groups excluding carboxylic acids is 1. The van der Waals surface area contributed by atoms with Crippen molar-refractivity contribution in [2.24, 2.45) is 0 Å². The number of hydrogen-bond donors (Lipinski definition) is 2. The fraction of sp³-hybridized carbons (Fsp3) is 0. The molecule has 100 valence electrons. The maximum Gasteiger partial charge on any atom is 0.417 e. The molecular weight excluding hydrogens is 280 g/mol. The molecule has 5 nitrogen and oxygen atoms in total. The summed E-state index contributed by atoms with van der Waals surface area (Å²) in [6, 6.07) is 9.39. The minimum Gasteiger partial charge on any atom is -0.408 e. The molecule has 20 heavy (non-hydrogen) atoms. The molecule has 0 saturated carbocycles. The van der Waals surface area contributed by atoms with Crippen LogP contribution in [0.15, 0.2) is 45.6 Å². The molecule has 0 saturated heterocycles. The van der Waals surface area contributed by atoms with Crippen LogP contribution in [0.25, 0.3) is 11.1 Å². The average molecular weight is 289 g/mol. The van der Waals surface area contributed by atoms with Crippen molar-refractivity contribution in [3.05, 3.63) is 63.1 Å². The number of oxazole rings is 1. The topological polar surface area (TPSA) is 89.1 Å². The summed E-state index contributed by atoms with van der Waals surface area (Å²) in [5.74, 6) is -0.845. The zero-order valence-electron chi connectivity index (χ0n) is 10.1. The highest BCUT2D eigenvalue weighted by Gasteiger charge is 2.14. The number of nitrogens with two attached hydrogens (primary N) is 1. The second-order valence-electron chi connectivity index (χ2n) is 4.29. The van der Waals surface area contributed by atoms with Gasteiger partial charge in [-0.15, -0.1) is 0 Å². The average Bonchev–Trinajstić information content (AvgIpc) is 2.79. The number of aromatic amines is 1. The molecule has 6 heteroatoms. The molecule has 0 atom stereocenters. The normalized spacial score (nSPS) is 10.8. The number of halogens is 1. The molecule has 0 aliphatic heterocycles. The van der Waals surface area contributed by atoms with Crippen molar-refractivity contribution in [2.75, 3.05) is 5.73 Å². The molecule has 0 unspecified atom stereocenters. The molecule has 2 aromatic carbocycles. The van der Waals surface area contributed by atoms with Crippen LogP contribution < -0.4 is 11.5 Å². The molecule has 0 aliphatic carbocycles. The summed E-state index contributed by atoms with van der Waals surface area (Å²) >= 11 is 5.87. The van der Waals surface area contributed by atoms with Gasteiger partial charge in [-0.25, -0.2) is 4.79 Å². The lowest BCUT2D eigenvalue weighted by Gasteiger charge is -2.05. The number of nitrogens with one attached hydrogen (secondary N) is 1. The molecule has 3 aromatic rings. The number of hydrogen-bond acceptors (Lipinski definition) is 4. The molecule has 1 heterocycles. The van der Waals surface area contributed by atoms with Gasteiger partial charge >= 0.3 is 5.76 Å². The third-order valence-corrected chi connectivity index (χ3v) is 3.18. The van der Waals surface area contributed by atoms with Crippen LogP contribution in [0.5, 0.6) is 0 Å². The predicted octanol–water partition coefficient (Wildman–Crippen LogP) is 2.59. The van der Waals surface area contributed by atoms with E-state index in [2.05, 4.69) is 4.98 Å². The van der Waals surface area contributed by atoms with Crippen LogP contribution in [-0.4, -0.2) is 10.8 Å². The summed E-state index contributed by atoms with van der Waals surface area (Å²) in [5.41, 5.74) is 7.67. The number of carbonyl (C=O) groups is 1. The van der Waals surface area contributed by atoms with Crippen molar-refractivity contribution in [2.45, 2.75) is 0 Å². The van der Waals surface area contributed by atoms with Crippen molar-refractivity contribution in [3.8, 4) is 0 Å². The number of fused-ring (bicyclic) bond motifs is 1. The molecule has 0 amide bonds. The number of rotatable bonds is 2. The Balaban J connectivity index is 2.12. The number of nitrogen functional groups attached to an aromatic ring is 1.